The van der Waals surface area contributed by atoms with Crippen LogP contribution in [0.1, 0.15) is 20.3 Å². The van der Waals surface area contributed by atoms with E-state index in [1.165, 1.54) is 14.2 Å². The van der Waals surface area contributed by atoms with Gasteiger partial charge in [0.15, 0.2) is 0 Å². The minimum Gasteiger partial charge on any atom is -0.495 e. The molecule has 1 heterocycles. The van der Waals surface area contributed by atoms with Gasteiger partial charge in [0.2, 0.25) is 0 Å². The van der Waals surface area contributed by atoms with E-state index in [1.807, 2.05) is 4.90 Å². The van der Waals surface area contributed by atoms with Crippen LogP contribution in [0, 0.1) is 5.92 Å². The van der Waals surface area contributed by atoms with E-state index in [0.717, 1.165) is 6.42 Å². The van der Waals surface area contributed by atoms with Gasteiger partial charge in [0, 0.05) is 12.6 Å². The third-order valence-corrected chi connectivity index (χ3v) is 4.24. The first-order valence-electron chi connectivity index (χ1n) is 8.03. The highest BCUT2D eigenvalue weighted by molar-refractivity contribution is 6.32. The zero-order valence-corrected chi connectivity index (χ0v) is 15.4. The van der Waals surface area contributed by atoms with Gasteiger partial charge < -0.3 is 24.4 Å². The number of hydrogen-bond acceptors (Lipinski definition) is 4. The van der Waals surface area contributed by atoms with Crippen molar-refractivity contribution in [1.29, 1.82) is 0 Å². The van der Waals surface area contributed by atoms with Crippen LogP contribution in [-0.4, -0.2) is 51.0 Å². The summed E-state index contributed by atoms with van der Waals surface area (Å²) in [4.78, 5) is 14.5. The number of methoxy groups -OCH3 is 2. The summed E-state index contributed by atoms with van der Waals surface area (Å²) in [5.41, 5.74) is 0.517. The zero-order chi connectivity index (χ0) is 17.7. The molecule has 1 unspecified atom stereocenters. The highest BCUT2D eigenvalue weighted by Crippen LogP contribution is 2.36. The summed E-state index contributed by atoms with van der Waals surface area (Å²) in [6.45, 7) is 5.94. The number of hydrogen-bond donors (Lipinski definition) is 1. The Kier molecular flexibility index (Phi) is 6.57. The van der Waals surface area contributed by atoms with Crippen LogP contribution in [0.15, 0.2) is 12.1 Å². The lowest BCUT2D eigenvalue weighted by molar-refractivity contribution is 0.00856. The summed E-state index contributed by atoms with van der Waals surface area (Å²) in [7, 11) is 3.07. The van der Waals surface area contributed by atoms with Gasteiger partial charge in [-0.1, -0.05) is 25.4 Å². The van der Waals surface area contributed by atoms with Crippen LogP contribution in [0.5, 0.6) is 11.5 Å². The van der Waals surface area contributed by atoms with E-state index in [2.05, 4.69) is 19.2 Å². The maximum atomic E-state index is 12.7. The predicted molar refractivity (Wildman–Crippen MR) is 94.3 cm³/mol. The number of amides is 2. The van der Waals surface area contributed by atoms with Crippen molar-refractivity contribution in [2.75, 3.05) is 39.3 Å². The summed E-state index contributed by atoms with van der Waals surface area (Å²) in [6, 6.07) is 3.18. The van der Waals surface area contributed by atoms with Crippen molar-refractivity contribution >= 4 is 23.3 Å². The molecular weight excluding hydrogens is 332 g/mol. The van der Waals surface area contributed by atoms with Crippen molar-refractivity contribution in [1.82, 2.24) is 4.90 Å². The predicted octanol–water partition coefficient (Wildman–Crippen LogP) is 3.64. The standard InChI is InChI=1S/C17H25ClN2O4/c1-11(2)7-12-10-24-6-5-20(12)17(21)19-14-8-13(18)15(22-3)9-16(14)23-4/h8-9,11-12H,5-7,10H2,1-4H3,(H,19,21). The van der Waals surface area contributed by atoms with Crippen molar-refractivity contribution in [3.05, 3.63) is 17.2 Å². The molecule has 0 aliphatic carbocycles. The Balaban J connectivity index is 2.17. The number of halogens is 1. The average molecular weight is 357 g/mol. The van der Waals surface area contributed by atoms with Gasteiger partial charge in [-0.05, 0) is 18.4 Å². The Labute approximate surface area is 148 Å². The third-order valence-electron chi connectivity index (χ3n) is 3.95. The SMILES string of the molecule is COc1cc(OC)c(NC(=O)N2CCOCC2CC(C)C)cc1Cl. The molecule has 1 N–H and O–H groups in total. The number of carbonyl (C=O) groups excluding carboxylic acids is 1. The minimum atomic E-state index is -0.177. The lowest BCUT2D eigenvalue weighted by Gasteiger charge is -2.36. The zero-order valence-electron chi connectivity index (χ0n) is 14.6. The number of anilines is 1. The molecule has 1 aromatic carbocycles. The van der Waals surface area contributed by atoms with E-state index in [1.54, 1.807) is 12.1 Å². The monoisotopic (exact) mass is 356 g/mol. The second-order valence-corrected chi connectivity index (χ2v) is 6.58. The molecule has 0 saturated carbocycles. The van der Waals surface area contributed by atoms with E-state index in [4.69, 9.17) is 25.8 Å². The molecular formula is C17H25ClN2O4. The number of carbonyl (C=O) groups is 1. The van der Waals surface area contributed by atoms with Crippen LogP contribution in [-0.2, 0) is 4.74 Å². The van der Waals surface area contributed by atoms with Crippen LogP contribution in [0.3, 0.4) is 0 Å². The number of nitrogens with zero attached hydrogens (tertiary/aromatic N) is 1. The van der Waals surface area contributed by atoms with Crippen LogP contribution in [0.25, 0.3) is 0 Å². The van der Waals surface area contributed by atoms with Gasteiger partial charge >= 0.3 is 6.03 Å². The molecule has 1 fully saturated rings. The largest absolute Gasteiger partial charge is 0.495 e. The first kappa shape index (κ1) is 18.7. The summed E-state index contributed by atoms with van der Waals surface area (Å²) in [5.74, 6) is 1.48. The molecule has 0 aromatic heterocycles. The quantitative estimate of drug-likeness (QED) is 0.875. The number of benzene rings is 1. The second kappa shape index (κ2) is 8.44. The fourth-order valence-corrected chi connectivity index (χ4v) is 3.05. The average Bonchev–Trinajstić information content (AvgIpc) is 2.55. The van der Waals surface area contributed by atoms with Crippen molar-refractivity contribution < 1.29 is 19.0 Å². The van der Waals surface area contributed by atoms with Gasteiger partial charge in [-0.15, -0.1) is 0 Å². The molecule has 24 heavy (non-hydrogen) atoms. The Hall–Kier alpha value is -1.66. The molecule has 6 nitrogen and oxygen atoms in total. The van der Waals surface area contributed by atoms with Gasteiger partial charge in [0.1, 0.15) is 11.5 Å². The molecule has 1 aliphatic heterocycles. The second-order valence-electron chi connectivity index (χ2n) is 6.17. The highest BCUT2D eigenvalue weighted by Gasteiger charge is 2.28. The smallest absolute Gasteiger partial charge is 0.322 e. The van der Waals surface area contributed by atoms with Gasteiger partial charge in [0.25, 0.3) is 0 Å². The van der Waals surface area contributed by atoms with Gasteiger partial charge in [-0.2, -0.15) is 0 Å². The Morgan fingerprint density at radius 3 is 2.71 bits per heavy atom. The molecule has 1 saturated heterocycles. The fraction of sp³-hybridized carbons (Fsp3) is 0.588. The van der Waals surface area contributed by atoms with E-state index >= 15 is 0 Å². The molecule has 7 heteroatoms. The number of urea groups is 1. The van der Waals surface area contributed by atoms with Crippen LogP contribution in [0.2, 0.25) is 5.02 Å². The first-order chi connectivity index (χ1) is 11.5. The summed E-state index contributed by atoms with van der Waals surface area (Å²) in [5, 5.41) is 3.30. The summed E-state index contributed by atoms with van der Waals surface area (Å²) >= 11 is 6.16. The molecule has 0 spiro atoms. The molecule has 1 atom stereocenters. The number of morpholine rings is 1. The number of rotatable bonds is 5. The highest BCUT2D eigenvalue weighted by atomic mass is 35.5. The summed E-state index contributed by atoms with van der Waals surface area (Å²) < 4.78 is 16.0. The van der Waals surface area contributed by atoms with Crippen LogP contribution in [0.4, 0.5) is 10.5 Å². The Bertz CT molecular complexity index is 580. The lowest BCUT2D eigenvalue weighted by Crippen LogP contribution is -2.50. The molecule has 0 radical (unpaired) electrons. The van der Waals surface area contributed by atoms with Crippen molar-refractivity contribution in [2.45, 2.75) is 26.3 Å². The molecule has 2 rings (SSSR count). The fourth-order valence-electron chi connectivity index (χ4n) is 2.81. The molecule has 0 bridgehead atoms. The van der Waals surface area contributed by atoms with Crippen molar-refractivity contribution in [3.63, 3.8) is 0 Å². The van der Waals surface area contributed by atoms with Gasteiger partial charge in [0.05, 0.1) is 44.2 Å². The topological polar surface area (TPSA) is 60.0 Å². The van der Waals surface area contributed by atoms with Crippen molar-refractivity contribution in [3.8, 4) is 11.5 Å². The van der Waals surface area contributed by atoms with Crippen LogP contribution < -0.4 is 14.8 Å². The van der Waals surface area contributed by atoms with Gasteiger partial charge in [-0.25, -0.2) is 4.79 Å². The third kappa shape index (κ3) is 4.45. The normalized spacial score (nSPS) is 17.8. The maximum Gasteiger partial charge on any atom is 0.322 e. The van der Waals surface area contributed by atoms with E-state index < -0.39 is 0 Å². The molecule has 134 valence electrons. The van der Waals surface area contributed by atoms with E-state index in [9.17, 15) is 4.79 Å². The van der Waals surface area contributed by atoms with Crippen molar-refractivity contribution in [2.24, 2.45) is 5.92 Å². The Morgan fingerprint density at radius 1 is 1.38 bits per heavy atom. The lowest BCUT2D eigenvalue weighted by atomic mass is 10.0. The van der Waals surface area contributed by atoms with Crippen LogP contribution >= 0.6 is 11.6 Å². The maximum absolute atomic E-state index is 12.7. The number of nitrogens with one attached hydrogen (secondary N) is 1. The minimum absolute atomic E-state index is 0.0680. The molecule has 1 aliphatic rings. The Morgan fingerprint density at radius 2 is 2.08 bits per heavy atom. The van der Waals surface area contributed by atoms with Gasteiger partial charge in [-0.3, -0.25) is 0 Å². The first-order valence-corrected chi connectivity index (χ1v) is 8.41. The van der Waals surface area contributed by atoms with E-state index in [0.29, 0.717) is 47.9 Å². The summed E-state index contributed by atoms with van der Waals surface area (Å²) in [6.07, 6.45) is 0.897. The molecule has 2 amide bonds. The molecule has 1 aromatic rings. The number of ether oxygens (including phenoxy) is 3. The van der Waals surface area contributed by atoms with E-state index in [-0.39, 0.29) is 12.1 Å².